The third-order valence-corrected chi connectivity index (χ3v) is 6.01. The Bertz CT molecular complexity index is 652. The quantitative estimate of drug-likeness (QED) is 0.815. The van der Waals surface area contributed by atoms with Gasteiger partial charge in [-0.05, 0) is 26.7 Å². The number of amides is 2. The van der Waals surface area contributed by atoms with Crippen LogP contribution in [0.3, 0.4) is 0 Å². The SMILES string of the molecule is CCOC(=O)N1CCC(NC(=O)c2sc(CN3CCOCC3)nc2C)CC1. The van der Waals surface area contributed by atoms with Crippen molar-refractivity contribution in [2.24, 2.45) is 0 Å². The fraction of sp³-hybridized carbons (Fsp3) is 0.722. The Labute approximate surface area is 163 Å². The number of likely N-dealkylation sites (tertiary alicyclic amines) is 1. The third kappa shape index (κ3) is 5.40. The number of hydrogen-bond acceptors (Lipinski definition) is 7. The van der Waals surface area contributed by atoms with E-state index >= 15 is 0 Å². The summed E-state index contributed by atoms with van der Waals surface area (Å²) < 4.78 is 10.4. The molecule has 0 bridgehead atoms. The van der Waals surface area contributed by atoms with Gasteiger partial charge in [0.05, 0.1) is 32.1 Å². The number of carbonyl (C=O) groups is 2. The van der Waals surface area contributed by atoms with Crippen molar-refractivity contribution in [3.8, 4) is 0 Å². The van der Waals surface area contributed by atoms with Gasteiger partial charge in [0, 0.05) is 32.2 Å². The zero-order valence-corrected chi connectivity index (χ0v) is 16.8. The first-order valence-electron chi connectivity index (χ1n) is 9.55. The predicted molar refractivity (Wildman–Crippen MR) is 102 cm³/mol. The van der Waals surface area contributed by atoms with Crippen LogP contribution in [0.15, 0.2) is 0 Å². The van der Waals surface area contributed by atoms with Gasteiger partial charge in [-0.15, -0.1) is 11.3 Å². The molecule has 1 N–H and O–H groups in total. The second-order valence-corrected chi connectivity index (χ2v) is 7.93. The summed E-state index contributed by atoms with van der Waals surface area (Å²) in [5, 5.41) is 4.07. The van der Waals surface area contributed by atoms with Crippen LogP contribution >= 0.6 is 11.3 Å². The van der Waals surface area contributed by atoms with Gasteiger partial charge in [-0.1, -0.05) is 0 Å². The van der Waals surface area contributed by atoms with E-state index in [1.807, 2.05) is 6.92 Å². The molecule has 9 heteroatoms. The van der Waals surface area contributed by atoms with Gasteiger partial charge < -0.3 is 19.7 Å². The molecule has 0 spiro atoms. The average Bonchev–Trinajstić information content (AvgIpc) is 3.03. The molecule has 3 heterocycles. The largest absolute Gasteiger partial charge is 0.450 e. The molecule has 1 aromatic heterocycles. The highest BCUT2D eigenvalue weighted by Crippen LogP contribution is 2.21. The minimum Gasteiger partial charge on any atom is -0.450 e. The summed E-state index contributed by atoms with van der Waals surface area (Å²) in [6.45, 7) is 9.35. The Morgan fingerprint density at radius 1 is 1.26 bits per heavy atom. The Kier molecular flexibility index (Phi) is 7.03. The maximum atomic E-state index is 12.7. The summed E-state index contributed by atoms with van der Waals surface area (Å²) in [7, 11) is 0. The molecule has 2 fully saturated rings. The monoisotopic (exact) mass is 396 g/mol. The molecule has 0 aromatic carbocycles. The molecule has 2 amide bonds. The molecule has 150 valence electrons. The summed E-state index contributed by atoms with van der Waals surface area (Å²) in [5.74, 6) is -0.0622. The van der Waals surface area contributed by atoms with E-state index in [0.717, 1.165) is 56.4 Å². The summed E-state index contributed by atoms with van der Waals surface area (Å²) in [6.07, 6.45) is 1.21. The van der Waals surface area contributed by atoms with Gasteiger partial charge in [-0.2, -0.15) is 0 Å². The van der Waals surface area contributed by atoms with Crippen LogP contribution in [-0.4, -0.2) is 78.8 Å². The van der Waals surface area contributed by atoms with Crippen molar-refractivity contribution < 1.29 is 19.1 Å². The fourth-order valence-corrected chi connectivity index (χ4v) is 4.36. The predicted octanol–water partition coefficient (Wildman–Crippen LogP) is 1.63. The van der Waals surface area contributed by atoms with E-state index in [2.05, 4.69) is 15.2 Å². The van der Waals surface area contributed by atoms with Gasteiger partial charge in [0.25, 0.3) is 5.91 Å². The molecule has 8 nitrogen and oxygen atoms in total. The second kappa shape index (κ2) is 9.48. The number of thiazole rings is 1. The van der Waals surface area contributed by atoms with Crippen LogP contribution in [0.4, 0.5) is 4.79 Å². The smallest absolute Gasteiger partial charge is 0.409 e. The lowest BCUT2D eigenvalue weighted by molar-refractivity contribution is 0.0341. The molecule has 0 aliphatic carbocycles. The van der Waals surface area contributed by atoms with E-state index < -0.39 is 0 Å². The van der Waals surface area contributed by atoms with E-state index in [9.17, 15) is 9.59 Å². The van der Waals surface area contributed by atoms with Crippen molar-refractivity contribution in [3.63, 3.8) is 0 Å². The number of nitrogens with one attached hydrogen (secondary N) is 1. The molecule has 0 unspecified atom stereocenters. The molecule has 2 saturated heterocycles. The first-order chi connectivity index (χ1) is 13.1. The van der Waals surface area contributed by atoms with Crippen molar-refractivity contribution >= 4 is 23.3 Å². The van der Waals surface area contributed by atoms with Crippen LogP contribution in [0.1, 0.15) is 40.1 Å². The summed E-state index contributed by atoms with van der Waals surface area (Å²) in [5.41, 5.74) is 0.782. The van der Waals surface area contributed by atoms with E-state index in [1.165, 1.54) is 11.3 Å². The molecule has 0 saturated carbocycles. The molecule has 0 atom stereocenters. The van der Waals surface area contributed by atoms with Crippen molar-refractivity contribution in [1.29, 1.82) is 0 Å². The number of aryl methyl sites for hydroxylation is 1. The molecule has 3 rings (SSSR count). The van der Waals surface area contributed by atoms with Crippen LogP contribution in [0.25, 0.3) is 0 Å². The van der Waals surface area contributed by atoms with Crippen molar-refractivity contribution in [2.75, 3.05) is 46.0 Å². The Balaban J connectivity index is 1.50. The minimum absolute atomic E-state index is 0.0622. The van der Waals surface area contributed by atoms with Gasteiger partial charge in [0.15, 0.2) is 0 Å². The lowest BCUT2D eigenvalue weighted by Crippen LogP contribution is -2.46. The highest BCUT2D eigenvalue weighted by atomic mass is 32.1. The molecule has 2 aliphatic heterocycles. The summed E-state index contributed by atoms with van der Waals surface area (Å²) >= 11 is 1.47. The Morgan fingerprint density at radius 3 is 2.63 bits per heavy atom. The Morgan fingerprint density at radius 2 is 1.96 bits per heavy atom. The standard InChI is InChI=1S/C18H28N4O4S/c1-3-26-18(24)22-6-4-14(5-7-22)20-17(23)16-13(2)19-15(27-16)12-21-8-10-25-11-9-21/h14H,3-12H2,1-2H3,(H,20,23). The van der Waals surface area contributed by atoms with Crippen LogP contribution in [0.2, 0.25) is 0 Å². The molecular formula is C18H28N4O4S. The van der Waals surface area contributed by atoms with Gasteiger partial charge in [-0.3, -0.25) is 9.69 Å². The molecule has 27 heavy (non-hydrogen) atoms. The zero-order valence-electron chi connectivity index (χ0n) is 16.0. The van der Waals surface area contributed by atoms with Gasteiger partial charge in [0.2, 0.25) is 0 Å². The number of morpholine rings is 1. The lowest BCUT2D eigenvalue weighted by atomic mass is 10.1. The van der Waals surface area contributed by atoms with Gasteiger partial charge >= 0.3 is 6.09 Å². The highest BCUT2D eigenvalue weighted by molar-refractivity contribution is 7.13. The van der Waals surface area contributed by atoms with E-state index in [0.29, 0.717) is 24.6 Å². The first kappa shape index (κ1) is 20.0. The number of hydrogen-bond donors (Lipinski definition) is 1. The van der Waals surface area contributed by atoms with Gasteiger partial charge in [-0.25, -0.2) is 9.78 Å². The topological polar surface area (TPSA) is 84.0 Å². The van der Waals surface area contributed by atoms with Gasteiger partial charge in [0.1, 0.15) is 9.88 Å². The van der Waals surface area contributed by atoms with Crippen LogP contribution in [0.5, 0.6) is 0 Å². The van der Waals surface area contributed by atoms with Crippen LogP contribution in [0, 0.1) is 6.92 Å². The number of rotatable bonds is 5. The fourth-order valence-electron chi connectivity index (χ4n) is 3.35. The van der Waals surface area contributed by atoms with Crippen LogP contribution in [-0.2, 0) is 16.0 Å². The number of ether oxygens (including phenoxy) is 2. The molecular weight excluding hydrogens is 368 g/mol. The second-order valence-electron chi connectivity index (χ2n) is 6.84. The minimum atomic E-state index is -0.270. The van der Waals surface area contributed by atoms with Crippen molar-refractivity contribution in [3.05, 3.63) is 15.6 Å². The van der Waals surface area contributed by atoms with E-state index in [-0.39, 0.29) is 18.0 Å². The average molecular weight is 397 g/mol. The number of aromatic nitrogens is 1. The number of nitrogens with zero attached hydrogens (tertiary/aromatic N) is 3. The van der Waals surface area contributed by atoms with E-state index in [1.54, 1.807) is 11.8 Å². The maximum absolute atomic E-state index is 12.7. The molecule has 1 aromatic rings. The summed E-state index contributed by atoms with van der Waals surface area (Å²) in [4.78, 5) is 33.7. The van der Waals surface area contributed by atoms with E-state index in [4.69, 9.17) is 9.47 Å². The number of carbonyl (C=O) groups excluding carboxylic acids is 2. The lowest BCUT2D eigenvalue weighted by Gasteiger charge is -2.31. The molecule has 2 aliphatic rings. The van der Waals surface area contributed by atoms with Crippen LogP contribution < -0.4 is 5.32 Å². The highest BCUT2D eigenvalue weighted by Gasteiger charge is 2.26. The Hall–Kier alpha value is -1.71. The normalized spacial score (nSPS) is 19.1. The summed E-state index contributed by atoms with van der Waals surface area (Å²) in [6, 6.07) is 0.0763. The third-order valence-electron chi connectivity index (χ3n) is 4.87. The van der Waals surface area contributed by atoms with Crippen molar-refractivity contribution in [1.82, 2.24) is 20.1 Å². The maximum Gasteiger partial charge on any atom is 0.409 e. The zero-order chi connectivity index (χ0) is 19.2. The molecule has 0 radical (unpaired) electrons. The first-order valence-corrected chi connectivity index (χ1v) is 10.4. The van der Waals surface area contributed by atoms with Crippen molar-refractivity contribution in [2.45, 2.75) is 39.3 Å². The number of piperidine rings is 1.